The molecule has 0 atom stereocenters. The summed E-state index contributed by atoms with van der Waals surface area (Å²) in [6.07, 6.45) is 0.647. The number of nitrogens with zero attached hydrogens (tertiary/aromatic N) is 1. The van der Waals surface area contributed by atoms with Crippen LogP contribution in [0.4, 0.5) is 0 Å². The van der Waals surface area contributed by atoms with E-state index in [1.165, 1.54) is 22.5 Å². The smallest absolute Gasteiger partial charge is 0.251 e. The molecular weight excluding hydrogens is 428 g/mol. The van der Waals surface area contributed by atoms with Crippen LogP contribution in [0.15, 0.2) is 64.9 Å². The van der Waals surface area contributed by atoms with Crippen molar-refractivity contribution in [3.05, 3.63) is 86.6 Å². The number of carbonyl (C=O) groups excluding carboxylic acids is 1. The summed E-state index contributed by atoms with van der Waals surface area (Å²) >= 11 is 7.77. The van der Waals surface area contributed by atoms with Gasteiger partial charge in [0.05, 0.1) is 11.6 Å². The molecule has 3 aromatic rings. The Hall–Kier alpha value is -2.19. The molecule has 150 valence electrons. The van der Waals surface area contributed by atoms with Gasteiger partial charge in [-0.2, -0.15) is 4.31 Å². The molecule has 29 heavy (non-hydrogen) atoms. The second-order valence-electron chi connectivity index (χ2n) is 6.76. The van der Waals surface area contributed by atoms with Crippen LogP contribution in [0, 0.1) is 0 Å². The van der Waals surface area contributed by atoms with E-state index >= 15 is 0 Å². The van der Waals surface area contributed by atoms with Gasteiger partial charge in [0, 0.05) is 23.5 Å². The summed E-state index contributed by atoms with van der Waals surface area (Å²) in [7, 11) is -3.83. The number of carbonyl (C=O) groups is 1. The van der Waals surface area contributed by atoms with Gasteiger partial charge < -0.3 is 5.32 Å². The first kappa shape index (κ1) is 20.1. The Bertz CT molecular complexity index is 1140. The van der Waals surface area contributed by atoms with Crippen LogP contribution < -0.4 is 5.32 Å². The monoisotopic (exact) mass is 446 g/mol. The Balaban J connectivity index is 1.57. The number of hydrogen-bond donors (Lipinski definition) is 1. The largest absolute Gasteiger partial charge is 0.347 e. The Morgan fingerprint density at radius 1 is 1.10 bits per heavy atom. The van der Waals surface area contributed by atoms with Crippen molar-refractivity contribution in [2.24, 2.45) is 0 Å². The summed E-state index contributed by atoms with van der Waals surface area (Å²) in [6, 6.07) is 16.0. The standard InChI is InChI=1S/C21H19ClN2O3S2/c22-19-8-7-16(21(25)23-13-18-6-3-11-28-18)12-20(19)29(26,27)24-10-9-15-4-1-2-5-17(15)14-24/h1-8,11-12H,9-10,13-14H2,(H,23,25). The van der Waals surface area contributed by atoms with Crippen LogP contribution >= 0.6 is 22.9 Å². The Labute approximate surface area is 179 Å². The Kier molecular flexibility index (Phi) is 5.74. The predicted molar refractivity (Wildman–Crippen MR) is 115 cm³/mol. The van der Waals surface area contributed by atoms with Crippen LogP contribution in [0.3, 0.4) is 0 Å². The summed E-state index contributed by atoms with van der Waals surface area (Å²) in [5.41, 5.74) is 2.41. The van der Waals surface area contributed by atoms with Crippen molar-refractivity contribution in [1.29, 1.82) is 0 Å². The maximum absolute atomic E-state index is 13.2. The number of benzene rings is 2. The van der Waals surface area contributed by atoms with Gasteiger partial charge in [-0.15, -0.1) is 11.3 Å². The topological polar surface area (TPSA) is 66.5 Å². The maximum Gasteiger partial charge on any atom is 0.251 e. The average molecular weight is 447 g/mol. The molecule has 0 spiro atoms. The minimum Gasteiger partial charge on any atom is -0.347 e. The molecule has 4 rings (SSSR count). The van der Waals surface area contributed by atoms with E-state index in [1.54, 1.807) is 11.3 Å². The zero-order chi connectivity index (χ0) is 20.4. The van der Waals surface area contributed by atoms with E-state index in [4.69, 9.17) is 11.6 Å². The Morgan fingerprint density at radius 3 is 2.66 bits per heavy atom. The lowest BCUT2D eigenvalue weighted by molar-refractivity contribution is 0.0951. The molecule has 1 amide bonds. The summed E-state index contributed by atoms with van der Waals surface area (Å²) in [6.45, 7) is 1.07. The van der Waals surface area contributed by atoms with Crippen molar-refractivity contribution < 1.29 is 13.2 Å². The van der Waals surface area contributed by atoms with Gasteiger partial charge in [-0.05, 0) is 47.2 Å². The zero-order valence-corrected chi connectivity index (χ0v) is 17.9. The first-order valence-corrected chi connectivity index (χ1v) is 11.8. The first-order chi connectivity index (χ1) is 13.9. The van der Waals surface area contributed by atoms with Crippen molar-refractivity contribution in [3.8, 4) is 0 Å². The van der Waals surface area contributed by atoms with Crippen molar-refractivity contribution in [3.63, 3.8) is 0 Å². The predicted octanol–water partition coefficient (Wildman–Crippen LogP) is 4.08. The van der Waals surface area contributed by atoms with Crippen molar-refractivity contribution in [2.75, 3.05) is 6.54 Å². The van der Waals surface area contributed by atoms with Crippen LogP contribution in [-0.4, -0.2) is 25.2 Å². The number of amides is 1. The van der Waals surface area contributed by atoms with E-state index in [2.05, 4.69) is 5.32 Å². The van der Waals surface area contributed by atoms with Gasteiger partial charge in [-0.25, -0.2) is 8.42 Å². The van der Waals surface area contributed by atoms with Gasteiger partial charge in [-0.1, -0.05) is 41.9 Å². The van der Waals surface area contributed by atoms with Crippen LogP contribution in [0.25, 0.3) is 0 Å². The molecule has 0 bridgehead atoms. The fourth-order valence-corrected chi connectivity index (χ4v) is 5.90. The number of sulfonamides is 1. The molecule has 0 fully saturated rings. The van der Waals surface area contributed by atoms with Crippen LogP contribution in [0.1, 0.15) is 26.4 Å². The fourth-order valence-electron chi connectivity index (χ4n) is 3.34. The van der Waals surface area contributed by atoms with E-state index in [0.717, 1.165) is 16.0 Å². The molecular formula is C21H19ClN2O3S2. The summed E-state index contributed by atoms with van der Waals surface area (Å²) in [5.74, 6) is -0.337. The third-order valence-electron chi connectivity index (χ3n) is 4.91. The van der Waals surface area contributed by atoms with Crippen LogP contribution in [0.5, 0.6) is 0 Å². The van der Waals surface area contributed by atoms with Crippen molar-refractivity contribution >= 4 is 38.9 Å². The highest BCUT2D eigenvalue weighted by molar-refractivity contribution is 7.89. The lowest BCUT2D eigenvalue weighted by Gasteiger charge is -2.28. The van der Waals surface area contributed by atoms with Crippen molar-refractivity contribution in [2.45, 2.75) is 24.4 Å². The fraction of sp³-hybridized carbons (Fsp3) is 0.190. The molecule has 1 aromatic heterocycles. The number of hydrogen-bond acceptors (Lipinski definition) is 4. The zero-order valence-electron chi connectivity index (χ0n) is 15.5. The molecule has 0 saturated carbocycles. The quantitative estimate of drug-likeness (QED) is 0.642. The second kappa shape index (κ2) is 8.28. The highest BCUT2D eigenvalue weighted by Crippen LogP contribution is 2.29. The molecule has 1 aliphatic rings. The molecule has 5 nitrogen and oxygen atoms in total. The van der Waals surface area contributed by atoms with Crippen molar-refractivity contribution in [1.82, 2.24) is 9.62 Å². The molecule has 0 saturated heterocycles. The summed E-state index contributed by atoms with van der Waals surface area (Å²) < 4.78 is 27.9. The third kappa shape index (κ3) is 4.23. The molecule has 0 aliphatic carbocycles. The van der Waals surface area contributed by atoms with Gasteiger partial charge in [0.15, 0.2) is 0 Å². The molecule has 1 aliphatic heterocycles. The van der Waals surface area contributed by atoms with E-state index in [0.29, 0.717) is 26.1 Å². The van der Waals surface area contributed by atoms with Crippen LogP contribution in [-0.2, 0) is 29.5 Å². The minimum absolute atomic E-state index is 0.0395. The Morgan fingerprint density at radius 2 is 1.90 bits per heavy atom. The lowest BCUT2D eigenvalue weighted by atomic mass is 10.0. The van der Waals surface area contributed by atoms with Gasteiger partial charge in [0.2, 0.25) is 10.0 Å². The maximum atomic E-state index is 13.2. The van der Waals surface area contributed by atoms with Crippen LogP contribution in [0.2, 0.25) is 5.02 Å². The van der Waals surface area contributed by atoms with E-state index in [9.17, 15) is 13.2 Å². The highest BCUT2D eigenvalue weighted by Gasteiger charge is 2.30. The third-order valence-corrected chi connectivity index (χ3v) is 8.11. The number of rotatable bonds is 5. The number of thiophene rings is 1. The summed E-state index contributed by atoms with van der Waals surface area (Å²) in [4.78, 5) is 13.5. The normalized spacial score (nSPS) is 14.4. The van der Waals surface area contributed by atoms with Gasteiger partial charge >= 0.3 is 0 Å². The molecule has 2 aromatic carbocycles. The molecule has 2 heterocycles. The molecule has 1 N–H and O–H groups in total. The average Bonchev–Trinajstić information content (AvgIpc) is 3.25. The minimum atomic E-state index is -3.83. The summed E-state index contributed by atoms with van der Waals surface area (Å²) in [5, 5.41) is 4.86. The number of fused-ring (bicyclic) bond motifs is 1. The SMILES string of the molecule is O=C(NCc1cccs1)c1ccc(Cl)c(S(=O)(=O)N2CCc3ccccc3C2)c1. The number of halogens is 1. The van der Waals surface area contributed by atoms with Gasteiger partial charge in [-0.3, -0.25) is 4.79 Å². The van der Waals surface area contributed by atoms with E-state index in [-0.39, 0.29) is 21.4 Å². The number of nitrogens with one attached hydrogen (secondary N) is 1. The highest BCUT2D eigenvalue weighted by atomic mass is 35.5. The first-order valence-electron chi connectivity index (χ1n) is 9.12. The van der Waals surface area contributed by atoms with E-state index < -0.39 is 10.0 Å². The van der Waals surface area contributed by atoms with Gasteiger partial charge in [0.25, 0.3) is 5.91 Å². The lowest BCUT2D eigenvalue weighted by Crippen LogP contribution is -2.36. The second-order valence-corrected chi connectivity index (χ2v) is 10.1. The molecule has 0 radical (unpaired) electrons. The molecule has 0 unspecified atom stereocenters. The van der Waals surface area contributed by atoms with E-state index in [1.807, 2.05) is 41.8 Å². The van der Waals surface area contributed by atoms with Gasteiger partial charge in [0.1, 0.15) is 4.90 Å². The molecule has 8 heteroatoms.